The summed E-state index contributed by atoms with van der Waals surface area (Å²) in [7, 11) is 0. The smallest absolute Gasteiger partial charge is 0.338 e. The Hall–Kier alpha value is -1.47. The van der Waals surface area contributed by atoms with E-state index in [4.69, 9.17) is 4.74 Å². The van der Waals surface area contributed by atoms with Crippen molar-refractivity contribution in [1.29, 1.82) is 0 Å². The van der Waals surface area contributed by atoms with Crippen molar-refractivity contribution >= 4 is 5.97 Å². The van der Waals surface area contributed by atoms with E-state index in [2.05, 4.69) is 0 Å². The lowest BCUT2D eigenvalue weighted by Crippen LogP contribution is -2.47. The van der Waals surface area contributed by atoms with Crippen molar-refractivity contribution in [3.05, 3.63) is 35.9 Å². The molecule has 0 bridgehead atoms. The summed E-state index contributed by atoms with van der Waals surface area (Å²) < 4.78 is 4.91. The molecule has 0 unspecified atom stereocenters. The van der Waals surface area contributed by atoms with Crippen molar-refractivity contribution in [2.24, 2.45) is 0 Å². The highest BCUT2D eigenvalue weighted by Gasteiger charge is 2.37. The molecule has 0 aliphatic rings. The predicted octanol–water partition coefficient (Wildman–Crippen LogP) is 0.144. The zero-order valence-corrected chi connectivity index (χ0v) is 12.3. The molecule has 4 atom stereocenters. The molecule has 1 rings (SSSR count). The van der Waals surface area contributed by atoms with Gasteiger partial charge >= 0.3 is 5.97 Å². The minimum atomic E-state index is -1.95. The molecule has 0 heterocycles. The summed E-state index contributed by atoms with van der Waals surface area (Å²) in [6, 6.07) is 8.15. The summed E-state index contributed by atoms with van der Waals surface area (Å²) >= 11 is 0. The first-order valence-electron chi connectivity index (χ1n) is 6.63. The van der Waals surface area contributed by atoms with Crippen LogP contribution in [0.3, 0.4) is 0 Å². The molecule has 6 nitrogen and oxygen atoms in total. The summed E-state index contributed by atoms with van der Waals surface area (Å²) in [5.41, 5.74) is -0.471. The van der Waals surface area contributed by atoms with Crippen molar-refractivity contribution in [2.45, 2.75) is 50.8 Å². The lowest BCUT2D eigenvalue weighted by Gasteiger charge is -2.28. The van der Waals surface area contributed by atoms with Crippen LogP contribution in [-0.2, 0) is 9.53 Å². The average Bonchev–Trinajstić information content (AvgIpc) is 2.43. The van der Waals surface area contributed by atoms with E-state index in [0.29, 0.717) is 5.56 Å². The van der Waals surface area contributed by atoms with Crippen LogP contribution in [-0.4, -0.2) is 50.3 Å². The maximum atomic E-state index is 11.6. The Morgan fingerprint density at radius 3 is 2.00 bits per heavy atom. The third-order valence-corrected chi connectivity index (χ3v) is 2.79. The van der Waals surface area contributed by atoms with Crippen LogP contribution < -0.4 is 0 Å². The molecule has 0 aliphatic carbocycles. The zero-order valence-electron chi connectivity index (χ0n) is 12.3. The summed E-state index contributed by atoms with van der Waals surface area (Å²) in [6.45, 7) is 4.83. The van der Waals surface area contributed by atoms with Gasteiger partial charge in [-0.15, -0.1) is 0 Å². The van der Waals surface area contributed by atoms with Crippen molar-refractivity contribution in [2.75, 3.05) is 0 Å². The number of ether oxygens (including phenoxy) is 1. The average molecular weight is 298 g/mol. The van der Waals surface area contributed by atoms with Crippen molar-refractivity contribution in [3.63, 3.8) is 0 Å². The van der Waals surface area contributed by atoms with Crippen LogP contribution in [0, 0.1) is 0 Å². The Labute approximate surface area is 123 Å². The van der Waals surface area contributed by atoms with Gasteiger partial charge < -0.3 is 25.2 Å². The molecule has 21 heavy (non-hydrogen) atoms. The van der Waals surface area contributed by atoms with Gasteiger partial charge in [-0.2, -0.15) is 0 Å². The molecule has 0 spiro atoms. The molecule has 1 aromatic rings. The largest absolute Gasteiger partial charge is 0.458 e. The summed E-state index contributed by atoms with van der Waals surface area (Å²) in [4.78, 5) is 11.6. The second-order valence-electron chi connectivity index (χ2n) is 5.82. The van der Waals surface area contributed by atoms with Gasteiger partial charge in [0.2, 0.25) is 0 Å². The lowest BCUT2D eigenvalue weighted by atomic mass is 9.97. The van der Waals surface area contributed by atoms with E-state index in [9.17, 15) is 25.2 Å². The van der Waals surface area contributed by atoms with Gasteiger partial charge in [-0.3, -0.25) is 0 Å². The SMILES string of the molecule is CC(C)(C)OC(=O)[C@H](O)[C@@H](O)[C@H](O)[C@@H](O)c1ccccc1. The normalized spacial score (nSPS) is 17.7. The number of hydrogen-bond acceptors (Lipinski definition) is 6. The number of aliphatic hydroxyl groups excluding tert-OH is 4. The third-order valence-electron chi connectivity index (χ3n) is 2.79. The van der Waals surface area contributed by atoms with Gasteiger partial charge in [-0.05, 0) is 26.3 Å². The molecular weight excluding hydrogens is 276 g/mol. The first kappa shape index (κ1) is 17.6. The van der Waals surface area contributed by atoms with E-state index in [0.717, 1.165) is 0 Å². The molecule has 0 saturated carbocycles. The van der Waals surface area contributed by atoms with Crippen LogP contribution >= 0.6 is 0 Å². The van der Waals surface area contributed by atoms with Gasteiger partial charge in [0, 0.05) is 0 Å². The van der Waals surface area contributed by atoms with Crippen LogP contribution in [0.1, 0.15) is 32.4 Å². The van der Waals surface area contributed by atoms with E-state index < -0.39 is 36.0 Å². The van der Waals surface area contributed by atoms with Gasteiger partial charge in [-0.1, -0.05) is 30.3 Å². The number of benzene rings is 1. The minimum Gasteiger partial charge on any atom is -0.458 e. The highest BCUT2D eigenvalue weighted by Crippen LogP contribution is 2.21. The summed E-state index contributed by atoms with van der Waals surface area (Å²) in [6.07, 6.45) is -6.97. The van der Waals surface area contributed by atoms with Crippen LogP contribution in [0.4, 0.5) is 0 Å². The second-order valence-corrected chi connectivity index (χ2v) is 5.82. The molecule has 4 N–H and O–H groups in total. The number of aliphatic hydroxyl groups is 4. The summed E-state index contributed by atoms with van der Waals surface area (Å²) in [5.74, 6) is -1.06. The fourth-order valence-corrected chi connectivity index (χ4v) is 1.72. The van der Waals surface area contributed by atoms with E-state index >= 15 is 0 Å². The van der Waals surface area contributed by atoms with E-state index in [1.807, 2.05) is 0 Å². The number of esters is 1. The fraction of sp³-hybridized carbons (Fsp3) is 0.533. The highest BCUT2D eigenvalue weighted by molar-refractivity contribution is 5.75. The van der Waals surface area contributed by atoms with E-state index in [1.165, 1.54) is 0 Å². The molecule has 0 saturated heterocycles. The Morgan fingerprint density at radius 2 is 1.52 bits per heavy atom. The van der Waals surface area contributed by atoms with Crippen LogP contribution in [0.25, 0.3) is 0 Å². The molecule has 0 amide bonds. The number of carbonyl (C=O) groups excluding carboxylic acids is 1. The predicted molar refractivity (Wildman–Crippen MR) is 75.3 cm³/mol. The molecule has 0 aliphatic heterocycles. The highest BCUT2D eigenvalue weighted by atomic mass is 16.6. The monoisotopic (exact) mass is 298 g/mol. The number of rotatable bonds is 5. The van der Waals surface area contributed by atoms with Crippen molar-refractivity contribution in [1.82, 2.24) is 0 Å². The minimum absolute atomic E-state index is 0.362. The topological polar surface area (TPSA) is 107 Å². The summed E-state index contributed by atoms with van der Waals surface area (Å²) in [5, 5.41) is 39.4. The first-order valence-corrected chi connectivity index (χ1v) is 6.63. The molecular formula is C15H22O6. The van der Waals surface area contributed by atoms with Crippen LogP contribution in [0.15, 0.2) is 30.3 Å². The fourth-order valence-electron chi connectivity index (χ4n) is 1.72. The van der Waals surface area contributed by atoms with E-state index in [1.54, 1.807) is 51.1 Å². The number of carbonyl (C=O) groups is 1. The standard InChI is InChI=1S/C15H22O6/c1-15(2,3)21-14(20)13(19)12(18)11(17)10(16)9-7-5-4-6-8-9/h4-8,10-13,16-19H,1-3H3/t10-,11+,12-,13+/m0/s1. The molecule has 6 heteroatoms. The van der Waals surface area contributed by atoms with Gasteiger partial charge in [-0.25, -0.2) is 4.79 Å². The zero-order chi connectivity index (χ0) is 16.2. The maximum absolute atomic E-state index is 11.6. The molecule has 0 aromatic heterocycles. The van der Waals surface area contributed by atoms with Crippen LogP contribution in [0.5, 0.6) is 0 Å². The molecule has 118 valence electrons. The molecule has 1 aromatic carbocycles. The van der Waals surface area contributed by atoms with Crippen molar-refractivity contribution in [3.8, 4) is 0 Å². The molecule has 0 fully saturated rings. The maximum Gasteiger partial charge on any atom is 0.338 e. The first-order chi connectivity index (χ1) is 9.63. The van der Waals surface area contributed by atoms with Crippen LogP contribution in [0.2, 0.25) is 0 Å². The number of hydrogen-bond donors (Lipinski definition) is 4. The Balaban J connectivity index is 2.73. The van der Waals surface area contributed by atoms with Gasteiger partial charge in [0.15, 0.2) is 6.10 Å². The quantitative estimate of drug-likeness (QED) is 0.576. The lowest BCUT2D eigenvalue weighted by molar-refractivity contribution is -0.179. The second kappa shape index (κ2) is 7.00. The van der Waals surface area contributed by atoms with Gasteiger partial charge in [0.25, 0.3) is 0 Å². The molecule has 0 radical (unpaired) electrons. The Morgan fingerprint density at radius 1 is 1.00 bits per heavy atom. The third kappa shape index (κ3) is 5.09. The van der Waals surface area contributed by atoms with Gasteiger partial charge in [0.05, 0.1) is 0 Å². The van der Waals surface area contributed by atoms with E-state index in [-0.39, 0.29) is 0 Å². The van der Waals surface area contributed by atoms with Gasteiger partial charge in [0.1, 0.15) is 23.9 Å². The Kier molecular flexibility index (Phi) is 5.86. The Bertz CT molecular complexity index is 453. The van der Waals surface area contributed by atoms with Crippen molar-refractivity contribution < 1.29 is 30.0 Å².